The van der Waals surface area contributed by atoms with Gasteiger partial charge in [-0.3, -0.25) is 0 Å². The Morgan fingerprint density at radius 2 is 1.92 bits per heavy atom. The summed E-state index contributed by atoms with van der Waals surface area (Å²) in [4.78, 5) is 15.6. The van der Waals surface area contributed by atoms with Crippen molar-refractivity contribution in [3.8, 4) is 0 Å². The minimum atomic E-state index is -0.590. The molecule has 0 rings (SSSR count). The average molecular weight is 172 g/mol. The Kier molecular flexibility index (Phi) is 4.51. The normalized spacial score (nSPS) is 12.5. The van der Waals surface area contributed by atoms with Gasteiger partial charge in [-0.1, -0.05) is 19.0 Å². The molecule has 0 aromatic rings. The molecule has 0 fully saturated rings. The standard InChI is InChI=1S/C8H16N2O2/c1-5(2)7(9)8(11)12-10-6(3)4/h5,7H,9H2,1-4H3/t7-/m0/s1. The molecule has 0 aromatic heterocycles. The van der Waals surface area contributed by atoms with Crippen molar-refractivity contribution < 1.29 is 9.63 Å². The summed E-state index contributed by atoms with van der Waals surface area (Å²) in [5.74, 6) is -0.406. The molecule has 0 radical (unpaired) electrons. The van der Waals surface area contributed by atoms with E-state index < -0.39 is 12.0 Å². The summed E-state index contributed by atoms with van der Waals surface area (Å²) in [5, 5.41) is 3.52. The molecule has 0 aromatic carbocycles. The third-order valence-corrected chi connectivity index (χ3v) is 1.31. The van der Waals surface area contributed by atoms with Gasteiger partial charge in [0.25, 0.3) is 0 Å². The van der Waals surface area contributed by atoms with Crippen LogP contribution in [0.15, 0.2) is 5.16 Å². The van der Waals surface area contributed by atoms with Crippen LogP contribution in [0.4, 0.5) is 0 Å². The first kappa shape index (κ1) is 11.1. The maximum atomic E-state index is 11.0. The Balaban J connectivity index is 3.97. The van der Waals surface area contributed by atoms with E-state index in [9.17, 15) is 4.79 Å². The summed E-state index contributed by atoms with van der Waals surface area (Å²) in [6.07, 6.45) is 0. The van der Waals surface area contributed by atoms with E-state index in [1.165, 1.54) is 0 Å². The molecule has 0 saturated carbocycles. The zero-order valence-electron chi connectivity index (χ0n) is 8.00. The van der Waals surface area contributed by atoms with Crippen LogP contribution in [0.1, 0.15) is 27.7 Å². The SMILES string of the molecule is CC(C)=NOC(=O)[C@@H](N)C(C)C. The van der Waals surface area contributed by atoms with Gasteiger partial charge < -0.3 is 10.6 Å². The number of nitrogens with zero attached hydrogens (tertiary/aromatic N) is 1. The van der Waals surface area contributed by atoms with Gasteiger partial charge in [-0.15, -0.1) is 0 Å². The van der Waals surface area contributed by atoms with Crippen molar-refractivity contribution in [2.24, 2.45) is 16.8 Å². The van der Waals surface area contributed by atoms with Gasteiger partial charge in [0.2, 0.25) is 0 Å². The van der Waals surface area contributed by atoms with Crippen LogP contribution >= 0.6 is 0 Å². The Bertz CT molecular complexity index is 183. The fraction of sp³-hybridized carbons (Fsp3) is 0.750. The smallest absolute Gasteiger partial charge is 0.318 e. The maximum absolute atomic E-state index is 11.0. The van der Waals surface area contributed by atoms with Crippen molar-refractivity contribution >= 4 is 11.7 Å². The molecule has 0 saturated heterocycles. The minimum Gasteiger partial charge on any atom is -0.318 e. The van der Waals surface area contributed by atoms with Crippen LogP contribution < -0.4 is 5.73 Å². The van der Waals surface area contributed by atoms with Crippen LogP contribution in [0.5, 0.6) is 0 Å². The fourth-order valence-electron chi connectivity index (χ4n) is 0.469. The van der Waals surface area contributed by atoms with Crippen LogP contribution in [-0.4, -0.2) is 17.7 Å². The highest BCUT2D eigenvalue weighted by molar-refractivity contribution is 5.81. The van der Waals surface area contributed by atoms with E-state index in [2.05, 4.69) is 9.99 Å². The van der Waals surface area contributed by atoms with E-state index in [4.69, 9.17) is 5.73 Å². The van der Waals surface area contributed by atoms with Crippen LogP contribution in [0, 0.1) is 5.92 Å². The van der Waals surface area contributed by atoms with E-state index in [1.54, 1.807) is 13.8 Å². The third kappa shape index (κ3) is 4.08. The number of oxime groups is 1. The number of rotatable bonds is 3. The van der Waals surface area contributed by atoms with Crippen molar-refractivity contribution in [3.05, 3.63) is 0 Å². The molecule has 12 heavy (non-hydrogen) atoms. The fourth-order valence-corrected chi connectivity index (χ4v) is 0.469. The predicted molar refractivity (Wildman–Crippen MR) is 47.7 cm³/mol. The molecular weight excluding hydrogens is 156 g/mol. The summed E-state index contributed by atoms with van der Waals surface area (Å²) in [5.41, 5.74) is 6.20. The molecule has 0 aliphatic heterocycles. The van der Waals surface area contributed by atoms with Crippen molar-refractivity contribution in [2.45, 2.75) is 33.7 Å². The second-order valence-corrected chi connectivity index (χ2v) is 3.22. The Labute approximate surface area is 72.8 Å². The van der Waals surface area contributed by atoms with Gasteiger partial charge in [0.15, 0.2) is 0 Å². The molecule has 0 aliphatic carbocycles. The Morgan fingerprint density at radius 1 is 1.42 bits per heavy atom. The minimum absolute atomic E-state index is 0.0739. The van der Waals surface area contributed by atoms with Crippen molar-refractivity contribution in [1.82, 2.24) is 0 Å². The van der Waals surface area contributed by atoms with Crippen molar-refractivity contribution in [3.63, 3.8) is 0 Å². The molecule has 0 bridgehead atoms. The van der Waals surface area contributed by atoms with Crippen LogP contribution in [0.25, 0.3) is 0 Å². The molecule has 4 heteroatoms. The van der Waals surface area contributed by atoms with Crippen LogP contribution in [0.3, 0.4) is 0 Å². The molecular formula is C8H16N2O2. The summed E-state index contributed by atoms with van der Waals surface area (Å²) in [7, 11) is 0. The zero-order chi connectivity index (χ0) is 9.72. The Hall–Kier alpha value is -0.900. The summed E-state index contributed by atoms with van der Waals surface area (Å²) < 4.78 is 0. The highest BCUT2D eigenvalue weighted by atomic mass is 16.7. The number of nitrogens with two attached hydrogens (primary N) is 1. The predicted octanol–water partition coefficient (Wildman–Crippen LogP) is 0.909. The lowest BCUT2D eigenvalue weighted by molar-refractivity contribution is -0.146. The molecule has 0 aliphatic rings. The summed E-state index contributed by atoms with van der Waals surface area (Å²) >= 11 is 0. The molecule has 1 atom stereocenters. The van der Waals surface area contributed by atoms with Gasteiger partial charge in [-0.05, 0) is 19.8 Å². The van der Waals surface area contributed by atoms with Gasteiger partial charge >= 0.3 is 5.97 Å². The van der Waals surface area contributed by atoms with Crippen LogP contribution in [0.2, 0.25) is 0 Å². The average Bonchev–Trinajstić information content (AvgIpc) is 1.98. The summed E-state index contributed by atoms with van der Waals surface area (Å²) in [6.45, 7) is 7.20. The van der Waals surface area contributed by atoms with E-state index in [0.29, 0.717) is 5.71 Å². The van der Waals surface area contributed by atoms with E-state index in [0.717, 1.165) is 0 Å². The molecule has 4 nitrogen and oxygen atoms in total. The maximum Gasteiger partial charge on any atom is 0.351 e. The van der Waals surface area contributed by atoms with Gasteiger partial charge in [0, 0.05) is 0 Å². The van der Waals surface area contributed by atoms with Gasteiger partial charge in [0.05, 0.1) is 5.71 Å². The first-order chi connectivity index (χ1) is 5.45. The quantitative estimate of drug-likeness (QED) is 0.391. The number of hydrogen-bond donors (Lipinski definition) is 1. The first-order valence-corrected chi connectivity index (χ1v) is 3.92. The van der Waals surface area contributed by atoms with Crippen LogP contribution in [-0.2, 0) is 9.63 Å². The molecule has 2 N–H and O–H groups in total. The van der Waals surface area contributed by atoms with Gasteiger partial charge in [-0.25, -0.2) is 4.79 Å². The molecule has 0 spiro atoms. The molecule has 0 heterocycles. The number of carbonyl (C=O) groups excluding carboxylic acids is 1. The summed E-state index contributed by atoms with van der Waals surface area (Å²) in [6, 6.07) is -0.590. The van der Waals surface area contributed by atoms with Gasteiger partial charge in [0.1, 0.15) is 6.04 Å². The van der Waals surface area contributed by atoms with E-state index in [1.807, 2.05) is 13.8 Å². The van der Waals surface area contributed by atoms with Crippen molar-refractivity contribution in [2.75, 3.05) is 0 Å². The molecule has 0 amide bonds. The highest BCUT2D eigenvalue weighted by Gasteiger charge is 2.18. The number of carbonyl (C=O) groups is 1. The second-order valence-electron chi connectivity index (χ2n) is 3.22. The first-order valence-electron chi connectivity index (χ1n) is 3.92. The lowest BCUT2D eigenvalue weighted by atomic mass is 10.1. The lowest BCUT2D eigenvalue weighted by Crippen LogP contribution is -2.36. The largest absolute Gasteiger partial charge is 0.351 e. The third-order valence-electron chi connectivity index (χ3n) is 1.31. The highest BCUT2D eigenvalue weighted by Crippen LogP contribution is 2.00. The van der Waals surface area contributed by atoms with E-state index in [-0.39, 0.29) is 5.92 Å². The second kappa shape index (κ2) is 4.87. The number of hydrogen-bond acceptors (Lipinski definition) is 4. The molecule has 70 valence electrons. The topological polar surface area (TPSA) is 64.7 Å². The van der Waals surface area contributed by atoms with Crippen molar-refractivity contribution in [1.29, 1.82) is 0 Å². The zero-order valence-corrected chi connectivity index (χ0v) is 8.00. The monoisotopic (exact) mass is 172 g/mol. The lowest BCUT2D eigenvalue weighted by Gasteiger charge is -2.10. The molecule has 0 unspecified atom stereocenters. The van der Waals surface area contributed by atoms with Gasteiger partial charge in [-0.2, -0.15) is 0 Å². The Morgan fingerprint density at radius 3 is 2.25 bits per heavy atom. The van der Waals surface area contributed by atoms with E-state index >= 15 is 0 Å².